The van der Waals surface area contributed by atoms with Crippen LogP contribution in [-0.4, -0.2) is 41.9 Å². The van der Waals surface area contributed by atoms with E-state index in [0.29, 0.717) is 19.4 Å². The van der Waals surface area contributed by atoms with Gasteiger partial charge >= 0.3 is 0 Å². The van der Waals surface area contributed by atoms with E-state index in [4.69, 9.17) is 5.73 Å². The number of likely N-dealkylation sites (tertiary alicyclic amines) is 1. The topological polar surface area (TPSA) is 75.4 Å². The van der Waals surface area contributed by atoms with Gasteiger partial charge in [-0.2, -0.15) is 0 Å². The summed E-state index contributed by atoms with van der Waals surface area (Å²) in [7, 11) is 0. The molecule has 84 valence electrons. The molecule has 2 amide bonds. The maximum Gasteiger partial charge on any atom is 0.245 e. The van der Waals surface area contributed by atoms with Gasteiger partial charge in [0, 0.05) is 25.6 Å². The molecule has 2 aliphatic heterocycles. The van der Waals surface area contributed by atoms with Crippen molar-refractivity contribution in [1.82, 2.24) is 10.2 Å². The third-order valence-corrected chi connectivity index (χ3v) is 3.06. The minimum atomic E-state index is -0.303. The fraction of sp³-hybridized carbons (Fsp3) is 0.800. The maximum absolute atomic E-state index is 11.9. The average molecular weight is 211 g/mol. The summed E-state index contributed by atoms with van der Waals surface area (Å²) in [6, 6.07) is -0.206. The van der Waals surface area contributed by atoms with Crippen LogP contribution >= 0.6 is 0 Å². The van der Waals surface area contributed by atoms with Crippen molar-refractivity contribution < 1.29 is 9.59 Å². The van der Waals surface area contributed by atoms with Crippen LogP contribution in [0.2, 0.25) is 0 Å². The van der Waals surface area contributed by atoms with E-state index in [2.05, 4.69) is 5.32 Å². The van der Waals surface area contributed by atoms with E-state index in [1.165, 1.54) is 0 Å². The van der Waals surface area contributed by atoms with Crippen LogP contribution in [0.4, 0.5) is 0 Å². The van der Waals surface area contributed by atoms with E-state index >= 15 is 0 Å². The number of carbonyl (C=O) groups is 2. The molecule has 5 nitrogen and oxygen atoms in total. The summed E-state index contributed by atoms with van der Waals surface area (Å²) in [5, 5.41) is 2.69. The average Bonchev–Trinajstić information content (AvgIpc) is 2.64. The number of nitrogens with two attached hydrogens (primary N) is 1. The third-order valence-electron chi connectivity index (χ3n) is 3.06. The number of hydrogen-bond acceptors (Lipinski definition) is 3. The highest BCUT2D eigenvalue weighted by Gasteiger charge is 2.32. The fourth-order valence-corrected chi connectivity index (χ4v) is 2.23. The Bertz CT molecular complexity index is 280. The molecule has 2 atom stereocenters. The van der Waals surface area contributed by atoms with Gasteiger partial charge < -0.3 is 16.0 Å². The minimum absolute atomic E-state index is 0.0188. The van der Waals surface area contributed by atoms with Crippen molar-refractivity contribution in [3.63, 3.8) is 0 Å². The Labute approximate surface area is 89.0 Å². The summed E-state index contributed by atoms with van der Waals surface area (Å²) < 4.78 is 0. The van der Waals surface area contributed by atoms with Crippen LogP contribution in [0.15, 0.2) is 0 Å². The molecule has 0 radical (unpaired) electrons. The molecular formula is C10H17N3O2. The van der Waals surface area contributed by atoms with Crippen LogP contribution in [0.25, 0.3) is 0 Å². The lowest BCUT2D eigenvalue weighted by atomic mass is 10.1. The monoisotopic (exact) mass is 211 g/mol. The van der Waals surface area contributed by atoms with Gasteiger partial charge in [0.15, 0.2) is 0 Å². The number of rotatable bonds is 1. The van der Waals surface area contributed by atoms with Crippen molar-refractivity contribution >= 4 is 11.8 Å². The zero-order valence-electron chi connectivity index (χ0n) is 8.74. The molecule has 2 rings (SSSR count). The zero-order chi connectivity index (χ0) is 10.8. The highest BCUT2D eigenvalue weighted by Crippen LogP contribution is 2.14. The number of carbonyl (C=O) groups excluding carboxylic acids is 2. The Hall–Kier alpha value is -1.10. The molecule has 0 aromatic heterocycles. The first-order valence-corrected chi connectivity index (χ1v) is 5.50. The second-order valence-electron chi connectivity index (χ2n) is 4.35. The molecular weight excluding hydrogens is 194 g/mol. The van der Waals surface area contributed by atoms with E-state index in [1.807, 2.05) is 0 Å². The van der Waals surface area contributed by atoms with E-state index in [-0.39, 0.29) is 23.9 Å². The number of nitrogens with zero attached hydrogens (tertiary/aromatic N) is 1. The molecule has 0 aliphatic carbocycles. The summed E-state index contributed by atoms with van der Waals surface area (Å²) >= 11 is 0. The van der Waals surface area contributed by atoms with Crippen LogP contribution in [0, 0.1) is 0 Å². The minimum Gasteiger partial charge on any atom is -0.344 e. The van der Waals surface area contributed by atoms with Crippen LogP contribution < -0.4 is 11.1 Å². The highest BCUT2D eigenvalue weighted by molar-refractivity contribution is 5.90. The summed E-state index contributed by atoms with van der Waals surface area (Å²) in [5.41, 5.74) is 5.81. The normalized spacial score (nSPS) is 31.5. The van der Waals surface area contributed by atoms with Crippen LogP contribution in [0.3, 0.4) is 0 Å². The van der Waals surface area contributed by atoms with E-state index < -0.39 is 0 Å². The molecule has 0 bridgehead atoms. The Morgan fingerprint density at radius 1 is 1.47 bits per heavy atom. The molecule has 5 heteroatoms. The first-order chi connectivity index (χ1) is 7.16. The number of amides is 2. The Morgan fingerprint density at radius 2 is 2.27 bits per heavy atom. The van der Waals surface area contributed by atoms with Crippen molar-refractivity contribution in [2.45, 2.75) is 37.8 Å². The Balaban J connectivity index is 1.92. The third kappa shape index (κ3) is 2.28. The van der Waals surface area contributed by atoms with Gasteiger partial charge in [0.05, 0.1) is 0 Å². The number of nitrogens with one attached hydrogen (secondary N) is 1. The predicted molar refractivity (Wildman–Crippen MR) is 55.0 cm³/mol. The molecule has 0 aromatic carbocycles. The largest absolute Gasteiger partial charge is 0.344 e. The van der Waals surface area contributed by atoms with Crippen molar-refractivity contribution in [2.24, 2.45) is 5.73 Å². The maximum atomic E-state index is 11.9. The molecule has 0 unspecified atom stereocenters. The number of hydrogen-bond donors (Lipinski definition) is 2. The summed E-state index contributed by atoms with van der Waals surface area (Å²) in [4.78, 5) is 24.7. The van der Waals surface area contributed by atoms with Gasteiger partial charge in [-0.1, -0.05) is 0 Å². The second kappa shape index (κ2) is 4.18. The smallest absolute Gasteiger partial charge is 0.245 e. The molecule has 2 heterocycles. The van der Waals surface area contributed by atoms with Gasteiger partial charge in [0.25, 0.3) is 0 Å². The summed E-state index contributed by atoms with van der Waals surface area (Å²) in [5.74, 6) is 0.0191. The highest BCUT2D eigenvalue weighted by atomic mass is 16.2. The van der Waals surface area contributed by atoms with E-state index in [1.54, 1.807) is 4.90 Å². The lowest BCUT2D eigenvalue weighted by Gasteiger charge is -2.32. The second-order valence-corrected chi connectivity index (χ2v) is 4.35. The van der Waals surface area contributed by atoms with Crippen molar-refractivity contribution in [1.29, 1.82) is 0 Å². The van der Waals surface area contributed by atoms with E-state index in [9.17, 15) is 9.59 Å². The SMILES string of the molecule is N[C@@H]1CCCN(C(=O)[C@H]2CCC(=O)N2)C1. The number of piperidine rings is 1. The Kier molecular flexibility index (Phi) is 2.90. The fourth-order valence-electron chi connectivity index (χ4n) is 2.23. The van der Waals surface area contributed by atoms with Gasteiger partial charge in [-0.05, 0) is 19.3 Å². The van der Waals surface area contributed by atoms with Crippen molar-refractivity contribution in [3.05, 3.63) is 0 Å². The molecule has 0 saturated carbocycles. The van der Waals surface area contributed by atoms with Crippen molar-refractivity contribution in [3.8, 4) is 0 Å². The summed E-state index contributed by atoms with van der Waals surface area (Å²) in [6.45, 7) is 1.41. The van der Waals surface area contributed by atoms with Crippen LogP contribution in [0.1, 0.15) is 25.7 Å². The van der Waals surface area contributed by atoms with Crippen molar-refractivity contribution in [2.75, 3.05) is 13.1 Å². The van der Waals surface area contributed by atoms with Gasteiger partial charge in [0.2, 0.25) is 11.8 Å². The summed E-state index contributed by atoms with van der Waals surface area (Å²) in [6.07, 6.45) is 3.05. The molecule has 0 aromatic rings. The van der Waals surface area contributed by atoms with Gasteiger partial charge in [-0.25, -0.2) is 0 Å². The molecule has 0 spiro atoms. The predicted octanol–water partition coefficient (Wildman–Crippen LogP) is -0.785. The lowest BCUT2D eigenvalue weighted by molar-refractivity contribution is -0.135. The quantitative estimate of drug-likeness (QED) is 0.597. The lowest BCUT2D eigenvalue weighted by Crippen LogP contribution is -2.51. The van der Waals surface area contributed by atoms with Gasteiger partial charge in [-0.3, -0.25) is 9.59 Å². The molecule has 2 saturated heterocycles. The molecule has 2 aliphatic rings. The standard InChI is InChI=1S/C10H17N3O2/c11-7-2-1-5-13(6-7)10(15)8-3-4-9(14)12-8/h7-8H,1-6,11H2,(H,12,14)/t7-,8-/m1/s1. The first-order valence-electron chi connectivity index (χ1n) is 5.50. The molecule has 2 fully saturated rings. The zero-order valence-corrected chi connectivity index (χ0v) is 8.74. The molecule has 3 N–H and O–H groups in total. The van der Waals surface area contributed by atoms with Gasteiger partial charge in [-0.15, -0.1) is 0 Å². The van der Waals surface area contributed by atoms with E-state index in [0.717, 1.165) is 19.4 Å². The van der Waals surface area contributed by atoms with Crippen LogP contribution in [-0.2, 0) is 9.59 Å². The molecule has 15 heavy (non-hydrogen) atoms. The van der Waals surface area contributed by atoms with Crippen LogP contribution in [0.5, 0.6) is 0 Å². The first kappa shape index (κ1) is 10.4. The van der Waals surface area contributed by atoms with Gasteiger partial charge in [0.1, 0.15) is 6.04 Å². The Morgan fingerprint density at radius 3 is 2.87 bits per heavy atom.